The van der Waals surface area contributed by atoms with Gasteiger partial charge in [-0.1, -0.05) is 12.1 Å². The van der Waals surface area contributed by atoms with Gasteiger partial charge in [-0.25, -0.2) is 13.2 Å². The topological polar surface area (TPSA) is 147 Å². The molecular formula is C15H20N2O6S. The van der Waals surface area contributed by atoms with Gasteiger partial charge in [0.1, 0.15) is 11.6 Å². The monoisotopic (exact) mass is 356 g/mol. The molecule has 0 heterocycles. The van der Waals surface area contributed by atoms with E-state index in [-0.39, 0.29) is 11.3 Å². The first-order valence-corrected chi connectivity index (χ1v) is 9.22. The Bertz CT molecular complexity index is 740. The fraction of sp³-hybridized carbons (Fsp3) is 0.467. The van der Waals surface area contributed by atoms with Crippen LogP contribution in [0.4, 0.5) is 0 Å². The minimum atomic E-state index is -3.30. The van der Waals surface area contributed by atoms with Gasteiger partial charge >= 0.3 is 5.97 Å². The van der Waals surface area contributed by atoms with Crippen molar-refractivity contribution in [3.8, 4) is 0 Å². The van der Waals surface area contributed by atoms with Gasteiger partial charge in [0.05, 0.1) is 4.90 Å². The third-order valence-corrected chi connectivity index (χ3v) is 5.15. The predicted octanol–water partition coefficient (Wildman–Crippen LogP) is -0.946. The maximum Gasteiger partial charge on any atom is 0.329 e. The summed E-state index contributed by atoms with van der Waals surface area (Å²) in [5.41, 5.74) is 5.18. The van der Waals surface area contributed by atoms with E-state index in [9.17, 15) is 23.1 Å². The van der Waals surface area contributed by atoms with Crippen molar-refractivity contribution in [1.82, 2.24) is 5.32 Å². The number of aliphatic hydroxyl groups is 1. The van der Waals surface area contributed by atoms with Gasteiger partial charge in [-0.3, -0.25) is 4.79 Å². The van der Waals surface area contributed by atoms with Gasteiger partial charge in [0.25, 0.3) is 5.91 Å². The average Bonchev–Trinajstić information content (AvgIpc) is 3.27. The zero-order chi connectivity index (χ0) is 18.1. The van der Waals surface area contributed by atoms with Gasteiger partial charge in [-0.2, -0.15) is 0 Å². The quantitative estimate of drug-likeness (QED) is 0.493. The number of carboxylic acids is 1. The molecule has 1 fully saturated rings. The van der Waals surface area contributed by atoms with E-state index in [0.29, 0.717) is 18.4 Å². The van der Waals surface area contributed by atoms with Crippen LogP contribution in [0.15, 0.2) is 29.2 Å². The molecule has 1 aliphatic rings. The zero-order valence-corrected chi connectivity index (χ0v) is 13.9. The predicted molar refractivity (Wildman–Crippen MR) is 85.0 cm³/mol. The molecule has 24 heavy (non-hydrogen) atoms. The van der Waals surface area contributed by atoms with Crippen LogP contribution < -0.4 is 11.1 Å². The second-order valence-electron chi connectivity index (χ2n) is 6.11. The number of carbonyl (C=O) groups excluding carboxylic acids is 1. The van der Waals surface area contributed by atoms with Crippen LogP contribution in [-0.2, 0) is 25.8 Å². The molecule has 0 aromatic heterocycles. The Labute approximate surface area is 139 Å². The van der Waals surface area contributed by atoms with Crippen molar-refractivity contribution in [3.05, 3.63) is 29.8 Å². The standard InChI is InChI=1S/C15H20N2O6S/c1-24(22,23)10-4-2-9(3-5-10)8-11(16)12(18)13(19)17-15(6-7-15)14(20)21/h2-5,11-12,18H,6-8,16H2,1H3,(H,17,19)(H,20,21)/t11-,12+/m1/s1. The number of aliphatic hydroxyl groups excluding tert-OH is 1. The Morgan fingerprint density at radius 1 is 1.29 bits per heavy atom. The lowest BCUT2D eigenvalue weighted by molar-refractivity contribution is -0.145. The van der Waals surface area contributed by atoms with Gasteiger partial charge in [-0.05, 0) is 37.0 Å². The number of hydrogen-bond acceptors (Lipinski definition) is 6. The first kappa shape index (κ1) is 18.4. The summed E-state index contributed by atoms with van der Waals surface area (Å²) in [7, 11) is -3.30. The van der Waals surface area contributed by atoms with Crippen molar-refractivity contribution in [2.24, 2.45) is 5.73 Å². The normalized spacial score (nSPS) is 18.5. The Morgan fingerprint density at radius 3 is 2.25 bits per heavy atom. The van der Waals surface area contributed by atoms with E-state index in [1.54, 1.807) is 12.1 Å². The summed E-state index contributed by atoms with van der Waals surface area (Å²) in [4.78, 5) is 23.1. The molecule has 132 valence electrons. The molecule has 0 saturated heterocycles. The highest BCUT2D eigenvalue weighted by Crippen LogP contribution is 2.35. The number of carboxylic acid groups (broad SMARTS) is 1. The first-order chi connectivity index (χ1) is 11.0. The Morgan fingerprint density at radius 2 is 1.83 bits per heavy atom. The van der Waals surface area contributed by atoms with Gasteiger partial charge in [-0.15, -0.1) is 0 Å². The molecule has 1 saturated carbocycles. The largest absolute Gasteiger partial charge is 0.480 e. The number of hydrogen-bond donors (Lipinski definition) is 4. The lowest BCUT2D eigenvalue weighted by Crippen LogP contribution is -2.53. The number of nitrogens with one attached hydrogen (secondary N) is 1. The molecular weight excluding hydrogens is 336 g/mol. The minimum Gasteiger partial charge on any atom is -0.480 e. The van der Waals surface area contributed by atoms with Crippen LogP contribution in [0.1, 0.15) is 18.4 Å². The van der Waals surface area contributed by atoms with E-state index in [1.807, 2.05) is 0 Å². The highest BCUT2D eigenvalue weighted by molar-refractivity contribution is 7.90. The molecule has 1 aromatic rings. The van der Waals surface area contributed by atoms with E-state index >= 15 is 0 Å². The number of rotatable bonds is 7. The smallest absolute Gasteiger partial charge is 0.329 e. The van der Waals surface area contributed by atoms with Crippen LogP contribution in [0.2, 0.25) is 0 Å². The third-order valence-electron chi connectivity index (χ3n) is 4.02. The van der Waals surface area contributed by atoms with Crippen LogP contribution >= 0.6 is 0 Å². The zero-order valence-electron chi connectivity index (χ0n) is 13.1. The second kappa shape index (κ2) is 6.50. The molecule has 1 amide bonds. The fourth-order valence-corrected chi connectivity index (χ4v) is 2.91. The van der Waals surface area contributed by atoms with Crippen LogP contribution in [0.3, 0.4) is 0 Å². The van der Waals surface area contributed by atoms with E-state index < -0.39 is 39.4 Å². The molecule has 1 aliphatic carbocycles. The summed E-state index contributed by atoms with van der Waals surface area (Å²) in [6.07, 6.45) is 0.319. The van der Waals surface area contributed by atoms with Crippen molar-refractivity contribution in [2.45, 2.75) is 41.8 Å². The van der Waals surface area contributed by atoms with Crippen LogP contribution in [0.5, 0.6) is 0 Å². The summed E-state index contributed by atoms with van der Waals surface area (Å²) < 4.78 is 22.8. The minimum absolute atomic E-state index is 0.138. The Hall–Kier alpha value is -1.97. The third kappa shape index (κ3) is 4.11. The molecule has 0 aliphatic heterocycles. The molecule has 0 spiro atoms. The van der Waals surface area contributed by atoms with Crippen LogP contribution in [0.25, 0.3) is 0 Å². The second-order valence-corrected chi connectivity index (χ2v) is 8.12. The van der Waals surface area contributed by atoms with Crippen LogP contribution in [-0.4, -0.2) is 54.4 Å². The first-order valence-electron chi connectivity index (χ1n) is 7.33. The molecule has 0 unspecified atom stereocenters. The van der Waals surface area contributed by atoms with E-state index in [0.717, 1.165) is 6.26 Å². The summed E-state index contributed by atoms with van der Waals surface area (Å²) in [5.74, 6) is -1.96. The molecule has 2 rings (SSSR count). The van der Waals surface area contributed by atoms with Crippen molar-refractivity contribution in [3.63, 3.8) is 0 Å². The van der Waals surface area contributed by atoms with E-state index in [4.69, 9.17) is 10.8 Å². The Kier molecular flexibility index (Phi) is 4.97. The summed E-state index contributed by atoms with van der Waals surface area (Å²) in [6.45, 7) is 0. The lowest BCUT2D eigenvalue weighted by atomic mass is 10.0. The fourth-order valence-electron chi connectivity index (χ4n) is 2.28. The molecule has 8 nitrogen and oxygen atoms in total. The van der Waals surface area contributed by atoms with Crippen molar-refractivity contribution in [1.29, 1.82) is 0 Å². The van der Waals surface area contributed by atoms with E-state index in [2.05, 4.69) is 5.32 Å². The number of carbonyl (C=O) groups is 2. The molecule has 5 N–H and O–H groups in total. The highest BCUT2D eigenvalue weighted by atomic mass is 32.2. The van der Waals surface area contributed by atoms with Gasteiger partial charge < -0.3 is 21.3 Å². The number of benzene rings is 1. The molecule has 2 atom stereocenters. The SMILES string of the molecule is CS(=O)(=O)c1ccc(C[C@@H](N)[C@H](O)C(=O)NC2(C(=O)O)CC2)cc1. The number of amides is 1. The van der Waals surface area contributed by atoms with Crippen molar-refractivity contribution < 1.29 is 28.2 Å². The van der Waals surface area contributed by atoms with Gasteiger partial charge in [0, 0.05) is 12.3 Å². The lowest BCUT2D eigenvalue weighted by Gasteiger charge is -2.21. The maximum atomic E-state index is 11.9. The van der Waals surface area contributed by atoms with E-state index in [1.165, 1.54) is 12.1 Å². The van der Waals surface area contributed by atoms with Crippen LogP contribution in [0, 0.1) is 0 Å². The summed E-state index contributed by atoms with van der Waals surface area (Å²) in [5, 5.41) is 21.3. The number of sulfone groups is 1. The molecule has 9 heteroatoms. The van der Waals surface area contributed by atoms with Crippen molar-refractivity contribution in [2.75, 3.05) is 6.26 Å². The maximum absolute atomic E-state index is 11.9. The van der Waals surface area contributed by atoms with Gasteiger partial charge in [0.2, 0.25) is 0 Å². The summed E-state index contributed by atoms with van der Waals surface area (Å²) >= 11 is 0. The number of nitrogens with two attached hydrogens (primary N) is 1. The molecule has 0 radical (unpaired) electrons. The molecule has 1 aromatic carbocycles. The average molecular weight is 356 g/mol. The summed E-state index contributed by atoms with van der Waals surface area (Å²) in [6, 6.07) is 5.01. The Balaban J connectivity index is 1.97. The highest BCUT2D eigenvalue weighted by Gasteiger charge is 2.52. The van der Waals surface area contributed by atoms with Crippen molar-refractivity contribution >= 4 is 21.7 Å². The van der Waals surface area contributed by atoms with Gasteiger partial charge in [0.15, 0.2) is 9.84 Å². The number of aliphatic carboxylic acids is 1. The molecule has 0 bridgehead atoms.